The van der Waals surface area contributed by atoms with Crippen LogP contribution < -0.4 is 5.32 Å². The van der Waals surface area contributed by atoms with Gasteiger partial charge in [-0.25, -0.2) is 22.7 Å². The molecule has 4 rings (SSSR count). The summed E-state index contributed by atoms with van der Waals surface area (Å²) in [6.07, 6.45) is 5.53. The fraction of sp³-hybridized carbons (Fsp3) is 0.444. The molecule has 0 spiro atoms. The van der Waals surface area contributed by atoms with Crippen molar-refractivity contribution in [3.8, 4) is 0 Å². The molecule has 9 heteroatoms. The highest BCUT2D eigenvalue weighted by molar-refractivity contribution is 7.99. The first-order valence-electron chi connectivity index (χ1n) is 8.55. The van der Waals surface area contributed by atoms with Gasteiger partial charge in [0.15, 0.2) is 5.82 Å². The molecule has 3 heterocycles. The highest BCUT2D eigenvalue weighted by Crippen LogP contribution is 2.42. The topological polar surface area (TPSA) is 78.4 Å². The molecule has 7 nitrogen and oxygen atoms in total. The van der Waals surface area contributed by atoms with E-state index in [0.717, 1.165) is 47.5 Å². The second kappa shape index (κ2) is 8.14. The number of rotatable bonds is 3. The Morgan fingerprint density at radius 1 is 1.15 bits per heavy atom. The van der Waals surface area contributed by atoms with Crippen molar-refractivity contribution in [2.75, 3.05) is 37.8 Å². The Balaban J connectivity index is 0.00000210. The normalized spacial score (nSPS) is 17.8. The molecule has 0 atom stereocenters. The molecule has 0 saturated carbocycles. The van der Waals surface area contributed by atoms with Gasteiger partial charge in [-0.15, -0.1) is 0 Å². The minimum Gasteiger partial charge on any atom is -0.337 e. The van der Waals surface area contributed by atoms with Crippen LogP contribution in [0.3, 0.4) is 0 Å². The molecule has 0 unspecified atom stereocenters. The van der Waals surface area contributed by atoms with Gasteiger partial charge in [0.2, 0.25) is 10.0 Å². The third-order valence-electron chi connectivity index (χ3n) is 4.59. The molecule has 1 aromatic heterocycles. The lowest BCUT2D eigenvalue weighted by molar-refractivity contribution is 0.279. The van der Waals surface area contributed by atoms with E-state index < -0.39 is 10.0 Å². The predicted octanol–water partition coefficient (Wildman–Crippen LogP) is 2.79. The standard InChI is InChI=1S/C17H21N5O2S2.CH4/c1-26(23,24)22-8-2-7-21(9-10-22)12-13-3-4-15-14(11-13)20-16-17(25-15)19-6-5-18-16;/h3-6,11H,2,7-10,12H2,1H3,(H,18,20);1H4. The molecule has 1 saturated heterocycles. The maximum absolute atomic E-state index is 11.8. The lowest BCUT2D eigenvalue weighted by Crippen LogP contribution is -2.34. The van der Waals surface area contributed by atoms with Gasteiger partial charge in [-0.3, -0.25) is 4.90 Å². The number of aromatic nitrogens is 2. The van der Waals surface area contributed by atoms with Crippen molar-refractivity contribution in [1.29, 1.82) is 0 Å². The summed E-state index contributed by atoms with van der Waals surface area (Å²) in [4.78, 5) is 12.1. The summed E-state index contributed by atoms with van der Waals surface area (Å²) in [7, 11) is -3.10. The van der Waals surface area contributed by atoms with Crippen molar-refractivity contribution >= 4 is 33.3 Å². The average Bonchev–Trinajstić information content (AvgIpc) is 2.85. The minimum absolute atomic E-state index is 0. The molecule has 27 heavy (non-hydrogen) atoms. The van der Waals surface area contributed by atoms with Crippen molar-refractivity contribution in [1.82, 2.24) is 19.2 Å². The van der Waals surface area contributed by atoms with Gasteiger partial charge in [-0.05, 0) is 30.7 Å². The van der Waals surface area contributed by atoms with Crippen LogP contribution in [-0.4, -0.2) is 60.0 Å². The Morgan fingerprint density at radius 3 is 2.78 bits per heavy atom. The monoisotopic (exact) mass is 407 g/mol. The first-order chi connectivity index (χ1) is 12.5. The smallest absolute Gasteiger partial charge is 0.211 e. The summed E-state index contributed by atoms with van der Waals surface area (Å²) in [6.45, 7) is 3.62. The maximum atomic E-state index is 11.8. The van der Waals surface area contributed by atoms with Crippen molar-refractivity contribution in [2.45, 2.75) is 30.3 Å². The van der Waals surface area contributed by atoms with Gasteiger partial charge >= 0.3 is 0 Å². The van der Waals surface area contributed by atoms with Crippen molar-refractivity contribution in [3.63, 3.8) is 0 Å². The average molecular weight is 408 g/mol. The Labute approximate surface area is 165 Å². The molecule has 2 aliphatic heterocycles. The number of sulfonamides is 1. The highest BCUT2D eigenvalue weighted by Gasteiger charge is 2.22. The van der Waals surface area contributed by atoms with Gasteiger partial charge in [-0.2, -0.15) is 0 Å². The van der Waals surface area contributed by atoms with Crippen LogP contribution in [0.2, 0.25) is 0 Å². The number of hydrogen-bond donors (Lipinski definition) is 1. The Bertz CT molecular complexity index is 920. The summed E-state index contributed by atoms with van der Waals surface area (Å²) >= 11 is 1.62. The van der Waals surface area contributed by atoms with Gasteiger partial charge in [-0.1, -0.05) is 25.3 Å². The van der Waals surface area contributed by atoms with E-state index in [1.165, 1.54) is 11.8 Å². The predicted molar refractivity (Wildman–Crippen MR) is 109 cm³/mol. The Kier molecular flexibility index (Phi) is 6.05. The van der Waals surface area contributed by atoms with Crippen molar-refractivity contribution in [2.24, 2.45) is 0 Å². The highest BCUT2D eigenvalue weighted by atomic mass is 32.2. The van der Waals surface area contributed by atoms with Crippen LogP contribution in [0.1, 0.15) is 19.4 Å². The van der Waals surface area contributed by atoms with Crippen LogP contribution in [0.25, 0.3) is 0 Å². The second-order valence-corrected chi connectivity index (χ2v) is 9.57. The van der Waals surface area contributed by atoms with Crippen LogP contribution in [0, 0.1) is 0 Å². The Morgan fingerprint density at radius 2 is 1.96 bits per heavy atom. The van der Waals surface area contributed by atoms with E-state index in [-0.39, 0.29) is 7.43 Å². The zero-order valence-corrected chi connectivity index (χ0v) is 16.2. The number of nitrogens with zero attached hydrogens (tertiary/aromatic N) is 4. The van der Waals surface area contributed by atoms with Crippen LogP contribution in [0.5, 0.6) is 0 Å². The van der Waals surface area contributed by atoms with Gasteiger partial charge in [0.25, 0.3) is 0 Å². The van der Waals surface area contributed by atoms with E-state index in [4.69, 9.17) is 0 Å². The van der Waals surface area contributed by atoms with Crippen LogP contribution >= 0.6 is 11.8 Å². The summed E-state index contributed by atoms with van der Waals surface area (Å²) < 4.78 is 25.1. The van der Waals surface area contributed by atoms with Gasteiger partial charge in [0.05, 0.1) is 11.9 Å². The number of benzene rings is 1. The SMILES string of the molecule is C.CS(=O)(=O)N1CCCN(Cc2ccc3c(c2)Nc2nccnc2S3)CC1. The molecule has 0 aliphatic carbocycles. The summed E-state index contributed by atoms with van der Waals surface area (Å²) in [5, 5.41) is 4.25. The molecule has 1 aromatic carbocycles. The molecular weight excluding hydrogens is 382 g/mol. The molecule has 1 fully saturated rings. The molecule has 0 amide bonds. The molecule has 2 aliphatic rings. The largest absolute Gasteiger partial charge is 0.337 e. The first-order valence-corrected chi connectivity index (χ1v) is 11.2. The maximum Gasteiger partial charge on any atom is 0.211 e. The third-order valence-corrected chi connectivity index (χ3v) is 6.96. The van der Waals surface area contributed by atoms with E-state index in [1.54, 1.807) is 28.5 Å². The van der Waals surface area contributed by atoms with Gasteiger partial charge in [0, 0.05) is 43.5 Å². The zero-order valence-electron chi connectivity index (χ0n) is 14.6. The van der Waals surface area contributed by atoms with E-state index in [1.807, 2.05) is 0 Å². The lowest BCUT2D eigenvalue weighted by Gasteiger charge is -2.23. The number of nitrogens with one attached hydrogen (secondary N) is 1. The zero-order chi connectivity index (χ0) is 18.1. The Hall–Kier alpha value is -1.68. The third kappa shape index (κ3) is 4.60. The van der Waals surface area contributed by atoms with E-state index >= 15 is 0 Å². The van der Waals surface area contributed by atoms with E-state index in [2.05, 4.69) is 38.4 Å². The minimum atomic E-state index is -3.10. The summed E-state index contributed by atoms with van der Waals surface area (Å²) in [6, 6.07) is 6.40. The van der Waals surface area contributed by atoms with Crippen LogP contribution in [0.15, 0.2) is 40.5 Å². The van der Waals surface area contributed by atoms with Crippen molar-refractivity contribution < 1.29 is 8.42 Å². The first kappa shape index (κ1) is 20.1. The van der Waals surface area contributed by atoms with E-state index in [0.29, 0.717) is 13.1 Å². The summed E-state index contributed by atoms with van der Waals surface area (Å²) in [5.74, 6) is 0.792. The quantitative estimate of drug-likeness (QED) is 0.715. The van der Waals surface area contributed by atoms with Crippen LogP contribution in [-0.2, 0) is 16.6 Å². The molecular formula is C18H25N5O2S2. The molecule has 0 radical (unpaired) electrons. The second-order valence-electron chi connectivity index (χ2n) is 6.56. The van der Waals surface area contributed by atoms with Crippen molar-refractivity contribution in [3.05, 3.63) is 36.2 Å². The number of hydrogen-bond acceptors (Lipinski definition) is 7. The van der Waals surface area contributed by atoms with Gasteiger partial charge < -0.3 is 5.32 Å². The fourth-order valence-corrected chi connectivity index (χ4v) is 5.03. The molecule has 146 valence electrons. The summed E-state index contributed by atoms with van der Waals surface area (Å²) in [5.41, 5.74) is 2.25. The molecule has 2 aromatic rings. The van der Waals surface area contributed by atoms with E-state index in [9.17, 15) is 8.42 Å². The number of fused-ring (bicyclic) bond motifs is 2. The lowest BCUT2D eigenvalue weighted by atomic mass is 10.1. The van der Waals surface area contributed by atoms with Crippen LogP contribution in [0.4, 0.5) is 11.5 Å². The van der Waals surface area contributed by atoms with Gasteiger partial charge in [0.1, 0.15) is 5.03 Å². The number of anilines is 2. The molecule has 1 N–H and O–H groups in total. The molecule has 0 bridgehead atoms. The fourth-order valence-electron chi connectivity index (χ4n) is 3.27.